The molecule has 1 rings (SSSR count). The van der Waals surface area contributed by atoms with Gasteiger partial charge >= 0.3 is 5.97 Å². The first kappa shape index (κ1) is 8.87. The molecular formula is C7H12O3S. The summed E-state index contributed by atoms with van der Waals surface area (Å²) in [6.07, 6.45) is 0.964. The average molecular weight is 176 g/mol. The highest BCUT2D eigenvalue weighted by atomic mass is 32.2. The van der Waals surface area contributed by atoms with Gasteiger partial charge in [-0.15, -0.1) is 0 Å². The molecule has 1 heterocycles. The van der Waals surface area contributed by atoms with Crippen LogP contribution in [-0.2, 0) is 14.3 Å². The van der Waals surface area contributed by atoms with Gasteiger partial charge in [0, 0.05) is 11.5 Å². The molecule has 0 aromatic heterocycles. The van der Waals surface area contributed by atoms with Crippen molar-refractivity contribution in [1.82, 2.24) is 0 Å². The van der Waals surface area contributed by atoms with E-state index in [1.807, 2.05) is 0 Å². The molecule has 1 saturated heterocycles. The lowest BCUT2D eigenvalue weighted by Gasteiger charge is -1.97. The molecule has 0 spiro atoms. The predicted molar refractivity (Wildman–Crippen MR) is 43.7 cm³/mol. The van der Waals surface area contributed by atoms with Gasteiger partial charge in [0.15, 0.2) is 0 Å². The van der Waals surface area contributed by atoms with Crippen LogP contribution in [0.3, 0.4) is 0 Å². The summed E-state index contributed by atoms with van der Waals surface area (Å²) in [5, 5.41) is 0. The van der Waals surface area contributed by atoms with E-state index in [9.17, 15) is 4.79 Å². The fraction of sp³-hybridized carbons (Fsp3) is 0.857. The third-order valence-electron chi connectivity index (χ3n) is 1.38. The number of hydrogen-bond acceptors (Lipinski definition) is 4. The van der Waals surface area contributed by atoms with E-state index < -0.39 is 0 Å². The predicted octanol–water partition coefficient (Wildman–Crippen LogP) is 0.681. The van der Waals surface area contributed by atoms with Crippen molar-refractivity contribution in [2.45, 2.75) is 12.5 Å². The van der Waals surface area contributed by atoms with Crippen LogP contribution in [0.15, 0.2) is 0 Å². The second-order valence-corrected chi connectivity index (χ2v) is 3.51. The van der Waals surface area contributed by atoms with Crippen LogP contribution in [0.5, 0.6) is 0 Å². The van der Waals surface area contributed by atoms with Crippen molar-refractivity contribution in [3.8, 4) is 0 Å². The number of methoxy groups -OCH3 is 1. The van der Waals surface area contributed by atoms with Crippen LogP contribution in [0, 0.1) is 0 Å². The summed E-state index contributed by atoms with van der Waals surface area (Å²) in [6.45, 7) is 0.894. The lowest BCUT2D eigenvalue weighted by Crippen LogP contribution is -2.02. The highest BCUT2D eigenvalue weighted by Gasteiger charge is 2.21. The minimum Gasteiger partial charge on any atom is -0.469 e. The van der Waals surface area contributed by atoms with E-state index in [4.69, 9.17) is 4.74 Å². The van der Waals surface area contributed by atoms with Crippen molar-refractivity contribution in [2.24, 2.45) is 0 Å². The summed E-state index contributed by atoms with van der Waals surface area (Å²) in [6, 6.07) is 0. The number of esters is 1. The molecule has 0 radical (unpaired) electrons. The zero-order valence-electron chi connectivity index (χ0n) is 6.54. The Morgan fingerprint density at radius 1 is 1.82 bits per heavy atom. The Morgan fingerprint density at radius 3 is 3.09 bits per heavy atom. The Balaban J connectivity index is 1.82. The molecule has 0 bridgehead atoms. The van der Waals surface area contributed by atoms with Crippen LogP contribution in [0.2, 0.25) is 0 Å². The second-order valence-electron chi connectivity index (χ2n) is 2.36. The number of ether oxygens (including phenoxy) is 2. The zero-order chi connectivity index (χ0) is 8.10. The number of carbonyl (C=O) groups excluding carboxylic acids is 1. The Hall–Kier alpha value is -0.220. The van der Waals surface area contributed by atoms with Crippen molar-refractivity contribution >= 4 is 17.7 Å². The van der Waals surface area contributed by atoms with E-state index in [2.05, 4.69) is 4.74 Å². The van der Waals surface area contributed by atoms with Gasteiger partial charge in [0.25, 0.3) is 0 Å². The van der Waals surface area contributed by atoms with Crippen molar-refractivity contribution < 1.29 is 14.3 Å². The van der Waals surface area contributed by atoms with Gasteiger partial charge in [0.2, 0.25) is 0 Å². The number of thioether (sulfide) groups is 1. The minimum absolute atomic E-state index is 0.130. The minimum atomic E-state index is -0.130. The van der Waals surface area contributed by atoms with Crippen molar-refractivity contribution in [1.29, 1.82) is 0 Å². The van der Waals surface area contributed by atoms with Crippen LogP contribution < -0.4 is 0 Å². The molecular weight excluding hydrogens is 164 g/mol. The molecule has 1 aliphatic heterocycles. The van der Waals surface area contributed by atoms with Gasteiger partial charge in [-0.05, 0) is 0 Å². The monoisotopic (exact) mass is 176 g/mol. The van der Waals surface area contributed by atoms with Gasteiger partial charge in [-0.1, -0.05) is 0 Å². The average Bonchev–Trinajstić information content (AvgIpc) is 2.81. The van der Waals surface area contributed by atoms with Crippen LogP contribution in [0.4, 0.5) is 0 Å². The SMILES string of the molecule is COC(=O)CCSCC1CO1. The van der Waals surface area contributed by atoms with E-state index in [1.54, 1.807) is 11.8 Å². The maximum absolute atomic E-state index is 10.6. The van der Waals surface area contributed by atoms with Gasteiger partial charge in [0.05, 0.1) is 26.2 Å². The zero-order valence-corrected chi connectivity index (χ0v) is 7.36. The van der Waals surface area contributed by atoms with Crippen molar-refractivity contribution in [3.05, 3.63) is 0 Å². The molecule has 64 valence electrons. The first-order chi connectivity index (χ1) is 5.33. The van der Waals surface area contributed by atoms with Crippen LogP contribution in [0.1, 0.15) is 6.42 Å². The smallest absolute Gasteiger partial charge is 0.306 e. The van der Waals surface area contributed by atoms with E-state index >= 15 is 0 Å². The fourth-order valence-electron chi connectivity index (χ4n) is 0.637. The largest absolute Gasteiger partial charge is 0.469 e. The van der Waals surface area contributed by atoms with Crippen molar-refractivity contribution in [3.63, 3.8) is 0 Å². The Labute approximate surface area is 70.4 Å². The molecule has 1 fully saturated rings. The summed E-state index contributed by atoms with van der Waals surface area (Å²) < 4.78 is 9.49. The Bertz CT molecular complexity index is 134. The summed E-state index contributed by atoms with van der Waals surface area (Å²) in [7, 11) is 1.41. The quantitative estimate of drug-likeness (QED) is 0.351. The highest BCUT2D eigenvalue weighted by molar-refractivity contribution is 7.99. The third kappa shape index (κ3) is 4.27. The van der Waals surface area contributed by atoms with Crippen LogP contribution >= 0.6 is 11.8 Å². The fourth-order valence-corrected chi connectivity index (χ4v) is 1.57. The van der Waals surface area contributed by atoms with E-state index in [1.165, 1.54) is 7.11 Å². The maximum atomic E-state index is 10.6. The molecule has 11 heavy (non-hydrogen) atoms. The van der Waals surface area contributed by atoms with Gasteiger partial charge in [-0.2, -0.15) is 11.8 Å². The lowest BCUT2D eigenvalue weighted by molar-refractivity contribution is -0.140. The van der Waals surface area contributed by atoms with Gasteiger partial charge in [-0.25, -0.2) is 0 Å². The first-order valence-corrected chi connectivity index (χ1v) is 4.74. The molecule has 4 heteroatoms. The molecule has 0 N–H and O–H groups in total. The summed E-state index contributed by atoms with van der Waals surface area (Å²) in [5.74, 6) is 1.72. The number of hydrogen-bond donors (Lipinski definition) is 0. The number of rotatable bonds is 5. The summed E-state index contributed by atoms with van der Waals surface area (Å²) >= 11 is 1.74. The summed E-state index contributed by atoms with van der Waals surface area (Å²) in [4.78, 5) is 10.6. The molecule has 0 saturated carbocycles. The standard InChI is InChI=1S/C7H12O3S/c1-9-7(8)2-3-11-5-6-4-10-6/h6H,2-5H2,1H3. The molecule has 1 atom stereocenters. The molecule has 0 aromatic carbocycles. The van der Waals surface area contributed by atoms with E-state index in [-0.39, 0.29) is 5.97 Å². The number of epoxide rings is 1. The maximum Gasteiger partial charge on any atom is 0.306 e. The molecule has 3 nitrogen and oxygen atoms in total. The lowest BCUT2D eigenvalue weighted by atomic mass is 10.5. The molecule has 0 aromatic rings. The topological polar surface area (TPSA) is 38.8 Å². The molecule has 0 aliphatic carbocycles. The van der Waals surface area contributed by atoms with Crippen molar-refractivity contribution in [2.75, 3.05) is 25.2 Å². The molecule has 1 aliphatic rings. The highest BCUT2D eigenvalue weighted by Crippen LogP contribution is 2.16. The molecule has 1 unspecified atom stereocenters. The summed E-state index contributed by atoms with van der Waals surface area (Å²) in [5.41, 5.74) is 0. The Morgan fingerprint density at radius 2 is 2.55 bits per heavy atom. The normalized spacial score (nSPS) is 21.4. The van der Waals surface area contributed by atoms with Gasteiger partial charge in [-0.3, -0.25) is 4.79 Å². The third-order valence-corrected chi connectivity index (χ3v) is 2.48. The number of carbonyl (C=O) groups is 1. The Kier molecular flexibility index (Phi) is 3.72. The van der Waals surface area contributed by atoms with E-state index in [0.717, 1.165) is 18.1 Å². The van der Waals surface area contributed by atoms with E-state index in [0.29, 0.717) is 12.5 Å². The first-order valence-electron chi connectivity index (χ1n) is 3.59. The van der Waals surface area contributed by atoms with Gasteiger partial charge < -0.3 is 9.47 Å². The molecule has 0 amide bonds. The van der Waals surface area contributed by atoms with Crippen LogP contribution in [-0.4, -0.2) is 37.3 Å². The second kappa shape index (κ2) is 4.62. The van der Waals surface area contributed by atoms with Crippen LogP contribution in [0.25, 0.3) is 0 Å². The van der Waals surface area contributed by atoms with Gasteiger partial charge in [0.1, 0.15) is 0 Å².